The molecule has 0 spiro atoms. The van der Waals surface area contributed by atoms with E-state index in [9.17, 15) is 8.42 Å². The molecule has 0 bridgehead atoms. The lowest BCUT2D eigenvalue weighted by Gasteiger charge is -2.29. The minimum absolute atomic E-state index is 0.417. The zero-order valence-electron chi connectivity index (χ0n) is 14.8. The average Bonchev–Trinajstić information content (AvgIpc) is 2.68. The average molecular weight is 389 g/mol. The van der Waals surface area contributed by atoms with Crippen LogP contribution in [0.25, 0.3) is 0 Å². The van der Waals surface area contributed by atoms with Crippen LogP contribution in [0.1, 0.15) is 16.7 Å². The van der Waals surface area contributed by atoms with E-state index in [2.05, 4.69) is 11.0 Å². The van der Waals surface area contributed by atoms with Gasteiger partial charge in [-0.1, -0.05) is 36.4 Å². The Hall–Kier alpha value is -1.34. The number of thioether (sulfide) groups is 1. The maximum Gasteiger partial charge on any atom is 0.243 e. The Morgan fingerprint density at radius 1 is 0.923 bits per heavy atom. The summed E-state index contributed by atoms with van der Waals surface area (Å²) in [5.74, 6) is 2.32. The van der Waals surface area contributed by atoms with Crippen molar-refractivity contribution in [1.29, 1.82) is 0 Å². The smallest absolute Gasteiger partial charge is 0.243 e. The van der Waals surface area contributed by atoms with Gasteiger partial charge in [0.2, 0.25) is 10.0 Å². The summed E-state index contributed by atoms with van der Waals surface area (Å²) < 4.78 is 27.9. The molecule has 26 heavy (non-hydrogen) atoms. The van der Waals surface area contributed by atoms with E-state index in [1.54, 1.807) is 10.4 Å². The van der Waals surface area contributed by atoms with Gasteiger partial charge in [-0.2, -0.15) is 16.1 Å². The van der Waals surface area contributed by atoms with Gasteiger partial charge in [-0.05, 0) is 35.2 Å². The molecule has 1 fully saturated rings. The SMILES string of the molecule is O=S(=O)(c1cccc(CN2CCSCC2)c1)N1CCc2ccccc2C1. The molecule has 4 rings (SSSR count). The number of rotatable bonds is 4. The summed E-state index contributed by atoms with van der Waals surface area (Å²) in [7, 11) is -3.46. The Bertz CT molecular complexity index is 877. The molecule has 2 heterocycles. The highest BCUT2D eigenvalue weighted by Gasteiger charge is 2.28. The van der Waals surface area contributed by atoms with Crippen molar-refractivity contribution in [3.63, 3.8) is 0 Å². The molecule has 138 valence electrons. The van der Waals surface area contributed by atoms with Crippen LogP contribution >= 0.6 is 11.8 Å². The number of nitrogens with zero attached hydrogens (tertiary/aromatic N) is 2. The fourth-order valence-electron chi connectivity index (χ4n) is 3.65. The van der Waals surface area contributed by atoms with Crippen molar-refractivity contribution in [2.24, 2.45) is 0 Å². The predicted molar refractivity (Wildman–Crippen MR) is 107 cm³/mol. The fraction of sp³-hybridized carbons (Fsp3) is 0.400. The fourth-order valence-corrected chi connectivity index (χ4v) is 6.11. The molecule has 1 saturated heterocycles. The predicted octanol–water partition coefficient (Wildman–Crippen LogP) is 2.98. The van der Waals surface area contributed by atoms with Crippen molar-refractivity contribution in [3.8, 4) is 0 Å². The minimum Gasteiger partial charge on any atom is -0.297 e. The zero-order chi connectivity index (χ0) is 18.0. The van der Waals surface area contributed by atoms with Crippen molar-refractivity contribution >= 4 is 21.8 Å². The molecule has 2 aliphatic heterocycles. The van der Waals surface area contributed by atoms with Gasteiger partial charge in [-0.15, -0.1) is 0 Å². The minimum atomic E-state index is -3.46. The van der Waals surface area contributed by atoms with E-state index in [1.165, 1.54) is 5.56 Å². The van der Waals surface area contributed by atoms with Crippen LogP contribution < -0.4 is 0 Å². The van der Waals surface area contributed by atoms with Crippen LogP contribution in [0.3, 0.4) is 0 Å². The Labute approximate surface area is 160 Å². The summed E-state index contributed by atoms with van der Waals surface area (Å²) in [6.45, 7) is 3.99. The molecule has 2 aromatic carbocycles. The van der Waals surface area contributed by atoms with Crippen molar-refractivity contribution in [3.05, 3.63) is 65.2 Å². The molecule has 0 aromatic heterocycles. The lowest BCUT2D eigenvalue weighted by atomic mass is 10.0. The first-order chi connectivity index (χ1) is 12.6. The van der Waals surface area contributed by atoms with Crippen LogP contribution in [0, 0.1) is 0 Å². The monoisotopic (exact) mass is 388 g/mol. The molecule has 0 saturated carbocycles. The van der Waals surface area contributed by atoms with Gasteiger partial charge in [-0.25, -0.2) is 8.42 Å². The third-order valence-electron chi connectivity index (χ3n) is 5.14. The second-order valence-electron chi connectivity index (χ2n) is 6.89. The first kappa shape index (κ1) is 18.0. The summed E-state index contributed by atoms with van der Waals surface area (Å²) in [5, 5.41) is 0. The van der Waals surface area contributed by atoms with E-state index in [-0.39, 0.29) is 0 Å². The van der Waals surface area contributed by atoms with Crippen LogP contribution in [0.4, 0.5) is 0 Å². The molecule has 0 aliphatic carbocycles. The van der Waals surface area contributed by atoms with E-state index >= 15 is 0 Å². The van der Waals surface area contributed by atoms with E-state index in [1.807, 2.05) is 48.2 Å². The summed E-state index contributed by atoms with van der Waals surface area (Å²) in [5.41, 5.74) is 3.45. The highest BCUT2D eigenvalue weighted by molar-refractivity contribution is 7.99. The highest BCUT2D eigenvalue weighted by atomic mass is 32.2. The van der Waals surface area contributed by atoms with Gasteiger partial charge >= 0.3 is 0 Å². The van der Waals surface area contributed by atoms with Crippen molar-refractivity contribution in [1.82, 2.24) is 9.21 Å². The quantitative estimate of drug-likeness (QED) is 0.807. The topological polar surface area (TPSA) is 40.6 Å². The second-order valence-corrected chi connectivity index (χ2v) is 10.1. The Morgan fingerprint density at radius 3 is 2.50 bits per heavy atom. The first-order valence-corrected chi connectivity index (χ1v) is 11.7. The highest BCUT2D eigenvalue weighted by Crippen LogP contribution is 2.25. The summed E-state index contributed by atoms with van der Waals surface area (Å²) in [4.78, 5) is 2.82. The number of benzene rings is 2. The van der Waals surface area contributed by atoms with Gasteiger partial charge < -0.3 is 0 Å². The normalized spacial score (nSPS) is 19.2. The van der Waals surface area contributed by atoms with Crippen molar-refractivity contribution in [2.45, 2.75) is 24.4 Å². The number of hydrogen-bond donors (Lipinski definition) is 0. The Balaban J connectivity index is 1.53. The molecule has 0 N–H and O–H groups in total. The maximum atomic E-state index is 13.2. The van der Waals surface area contributed by atoms with Crippen LogP contribution in [0.5, 0.6) is 0 Å². The number of fused-ring (bicyclic) bond motifs is 1. The maximum absolute atomic E-state index is 13.2. The first-order valence-electron chi connectivity index (χ1n) is 9.09. The van der Waals surface area contributed by atoms with E-state index in [4.69, 9.17) is 0 Å². The third-order valence-corrected chi connectivity index (χ3v) is 7.93. The van der Waals surface area contributed by atoms with Gasteiger partial charge in [0.05, 0.1) is 4.90 Å². The van der Waals surface area contributed by atoms with Crippen LogP contribution in [0.15, 0.2) is 53.4 Å². The molecule has 0 unspecified atom stereocenters. The van der Waals surface area contributed by atoms with Gasteiger partial charge in [0.15, 0.2) is 0 Å². The number of sulfonamides is 1. The molecule has 6 heteroatoms. The largest absolute Gasteiger partial charge is 0.297 e. The Kier molecular flexibility index (Phi) is 5.36. The molecule has 0 amide bonds. The van der Waals surface area contributed by atoms with E-state index in [0.29, 0.717) is 18.0 Å². The van der Waals surface area contributed by atoms with Gasteiger partial charge in [0.25, 0.3) is 0 Å². The molecule has 4 nitrogen and oxygen atoms in total. The van der Waals surface area contributed by atoms with Crippen LogP contribution in [0.2, 0.25) is 0 Å². The van der Waals surface area contributed by atoms with Crippen LogP contribution in [-0.4, -0.2) is 48.8 Å². The molecule has 0 atom stereocenters. The van der Waals surface area contributed by atoms with Crippen molar-refractivity contribution < 1.29 is 8.42 Å². The van der Waals surface area contributed by atoms with Crippen molar-refractivity contribution in [2.75, 3.05) is 31.1 Å². The molecular formula is C20H24N2O2S2. The third kappa shape index (κ3) is 3.83. The summed E-state index contributed by atoms with van der Waals surface area (Å²) in [6, 6.07) is 15.6. The summed E-state index contributed by atoms with van der Waals surface area (Å²) >= 11 is 1.99. The Morgan fingerprint density at radius 2 is 1.69 bits per heavy atom. The van der Waals surface area contributed by atoms with E-state index in [0.717, 1.165) is 48.7 Å². The molecule has 0 radical (unpaired) electrons. The lowest BCUT2D eigenvalue weighted by molar-refractivity contribution is 0.294. The standard InChI is InChI=1S/C20H24N2O2S2/c23-26(24,22-9-8-18-5-1-2-6-19(18)16-22)20-7-3-4-17(14-20)15-21-10-12-25-13-11-21/h1-7,14H,8-13,15-16H2. The lowest BCUT2D eigenvalue weighted by Crippen LogP contribution is -2.36. The number of hydrogen-bond acceptors (Lipinski definition) is 4. The summed E-state index contributed by atoms with van der Waals surface area (Å²) in [6.07, 6.45) is 0.778. The van der Waals surface area contributed by atoms with E-state index < -0.39 is 10.0 Å². The molecule has 2 aliphatic rings. The van der Waals surface area contributed by atoms with Gasteiger partial charge in [0.1, 0.15) is 0 Å². The molecular weight excluding hydrogens is 364 g/mol. The van der Waals surface area contributed by atoms with Crippen LogP contribution in [-0.2, 0) is 29.5 Å². The van der Waals surface area contributed by atoms with Gasteiger partial charge in [0, 0.05) is 44.2 Å². The zero-order valence-corrected chi connectivity index (χ0v) is 16.4. The second kappa shape index (κ2) is 7.72. The van der Waals surface area contributed by atoms with Gasteiger partial charge in [-0.3, -0.25) is 4.90 Å². The molecule has 2 aromatic rings.